The van der Waals surface area contributed by atoms with Crippen LogP contribution in [-0.4, -0.2) is 34.0 Å². The van der Waals surface area contributed by atoms with E-state index in [4.69, 9.17) is 5.26 Å². The fourth-order valence-electron chi connectivity index (χ4n) is 1.90. The Hall–Kier alpha value is -2.29. The average Bonchev–Trinajstić information content (AvgIpc) is 2.85. The molecule has 1 atom stereocenters. The molecule has 0 aliphatic rings. The maximum atomic E-state index is 8.81. The van der Waals surface area contributed by atoms with Gasteiger partial charge in [0, 0.05) is 32.0 Å². The van der Waals surface area contributed by atoms with E-state index in [-0.39, 0.29) is 6.04 Å². The van der Waals surface area contributed by atoms with Crippen molar-refractivity contribution in [3.05, 3.63) is 18.6 Å². The van der Waals surface area contributed by atoms with Gasteiger partial charge in [-0.3, -0.25) is 0 Å². The molecule has 0 aliphatic heterocycles. The van der Waals surface area contributed by atoms with E-state index in [0.717, 1.165) is 23.8 Å². The zero-order valence-electron chi connectivity index (χ0n) is 11.5. The SMILES string of the molecule is CCNc1cn2ccnc2c(N(C)C(C)CC#N)n1. The largest absolute Gasteiger partial charge is 0.369 e. The number of imidazole rings is 1. The first-order valence-electron chi connectivity index (χ1n) is 6.34. The molecule has 2 aromatic rings. The van der Waals surface area contributed by atoms with Crippen molar-refractivity contribution in [3.63, 3.8) is 0 Å². The van der Waals surface area contributed by atoms with Crippen LogP contribution in [-0.2, 0) is 0 Å². The summed E-state index contributed by atoms with van der Waals surface area (Å²) in [6.45, 7) is 4.84. The van der Waals surface area contributed by atoms with E-state index in [1.807, 2.05) is 42.6 Å². The van der Waals surface area contributed by atoms with Crippen molar-refractivity contribution in [2.45, 2.75) is 26.3 Å². The van der Waals surface area contributed by atoms with Gasteiger partial charge < -0.3 is 14.6 Å². The van der Waals surface area contributed by atoms with E-state index in [2.05, 4.69) is 21.4 Å². The Balaban J connectivity index is 2.45. The molecule has 0 fully saturated rings. The second-order valence-electron chi connectivity index (χ2n) is 4.46. The van der Waals surface area contributed by atoms with Gasteiger partial charge in [-0.2, -0.15) is 5.26 Å². The molecule has 1 N–H and O–H groups in total. The van der Waals surface area contributed by atoms with Crippen LogP contribution in [0.2, 0.25) is 0 Å². The smallest absolute Gasteiger partial charge is 0.180 e. The summed E-state index contributed by atoms with van der Waals surface area (Å²) in [5, 5.41) is 12.0. The zero-order chi connectivity index (χ0) is 13.8. The molecule has 0 radical (unpaired) electrons. The summed E-state index contributed by atoms with van der Waals surface area (Å²) in [7, 11) is 1.94. The fraction of sp³-hybridized carbons (Fsp3) is 0.462. The fourth-order valence-corrected chi connectivity index (χ4v) is 1.90. The van der Waals surface area contributed by atoms with Gasteiger partial charge in [0.1, 0.15) is 5.82 Å². The minimum absolute atomic E-state index is 0.0925. The number of nitrogens with zero attached hydrogens (tertiary/aromatic N) is 5. The van der Waals surface area contributed by atoms with E-state index in [9.17, 15) is 0 Å². The van der Waals surface area contributed by atoms with Gasteiger partial charge in [0.05, 0.1) is 18.7 Å². The maximum Gasteiger partial charge on any atom is 0.180 e. The number of hydrogen-bond donors (Lipinski definition) is 1. The van der Waals surface area contributed by atoms with Crippen LogP contribution in [0.15, 0.2) is 18.6 Å². The first kappa shape index (κ1) is 13.1. The van der Waals surface area contributed by atoms with Crippen molar-refractivity contribution in [1.29, 1.82) is 5.26 Å². The molecule has 2 aromatic heterocycles. The monoisotopic (exact) mass is 258 g/mol. The Bertz CT molecular complexity index is 597. The van der Waals surface area contributed by atoms with E-state index < -0.39 is 0 Å². The number of fused-ring (bicyclic) bond motifs is 1. The van der Waals surface area contributed by atoms with Crippen molar-refractivity contribution in [3.8, 4) is 6.07 Å². The summed E-state index contributed by atoms with van der Waals surface area (Å²) >= 11 is 0. The number of rotatable bonds is 5. The molecular weight excluding hydrogens is 240 g/mol. The van der Waals surface area contributed by atoms with Crippen LogP contribution in [0.5, 0.6) is 0 Å². The van der Waals surface area contributed by atoms with Gasteiger partial charge in [-0.15, -0.1) is 0 Å². The predicted molar refractivity (Wildman–Crippen MR) is 75.2 cm³/mol. The molecule has 0 saturated heterocycles. The van der Waals surface area contributed by atoms with Gasteiger partial charge in [0.25, 0.3) is 0 Å². The summed E-state index contributed by atoms with van der Waals surface area (Å²) in [4.78, 5) is 10.9. The third kappa shape index (κ3) is 2.60. The average molecular weight is 258 g/mol. The molecule has 2 heterocycles. The number of aromatic nitrogens is 3. The lowest BCUT2D eigenvalue weighted by molar-refractivity contribution is 0.694. The van der Waals surface area contributed by atoms with Crippen molar-refractivity contribution in [2.75, 3.05) is 23.8 Å². The first-order chi connectivity index (χ1) is 9.17. The van der Waals surface area contributed by atoms with Crippen LogP contribution in [0.4, 0.5) is 11.6 Å². The van der Waals surface area contributed by atoms with Crippen LogP contribution in [0.3, 0.4) is 0 Å². The maximum absolute atomic E-state index is 8.81. The third-order valence-corrected chi connectivity index (χ3v) is 3.10. The zero-order valence-corrected chi connectivity index (χ0v) is 11.5. The highest BCUT2D eigenvalue weighted by molar-refractivity contribution is 5.66. The van der Waals surface area contributed by atoms with Gasteiger partial charge >= 0.3 is 0 Å². The molecule has 6 nitrogen and oxygen atoms in total. The van der Waals surface area contributed by atoms with Crippen LogP contribution >= 0.6 is 0 Å². The Morgan fingerprint density at radius 3 is 3.05 bits per heavy atom. The topological polar surface area (TPSA) is 69.2 Å². The van der Waals surface area contributed by atoms with Crippen LogP contribution in [0.25, 0.3) is 5.65 Å². The lowest BCUT2D eigenvalue weighted by atomic mass is 10.2. The Kier molecular flexibility index (Phi) is 3.85. The predicted octanol–water partition coefficient (Wildman–Crippen LogP) is 1.90. The highest BCUT2D eigenvalue weighted by Gasteiger charge is 2.16. The molecule has 2 rings (SSSR count). The van der Waals surface area contributed by atoms with Gasteiger partial charge in [-0.25, -0.2) is 9.97 Å². The minimum atomic E-state index is 0.0925. The molecular formula is C13H18N6. The number of nitrogens with one attached hydrogen (secondary N) is 1. The van der Waals surface area contributed by atoms with Gasteiger partial charge in [0.2, 0.25) is 0 Å². The third-order valence-electron chi connectivity index (χ3n) is 3.10. The molecule has 0 aromatic carbocycles. The molecule has 0 amide bonds. The molecule has 0 spiro atoms. The molecule has 100 valence electrons. The summed E-state index contributed by atoms with van der Waals surface area (Å²) in [5.74, 6) is 1.59. The standard InChI is InChI=1S/C13H18N6/c1-4-15-11-9-19-8-7-16-12(19)13(17-11)18(3)10(2)5-6-14/h7-10,15H,4-5H2,1-3H3. The lowest BCUT2D eigenvalue weighted by Crippen LogP contribution is -2.30. The van der Waals surface area contributed by atoms with E-state index in [1.54, 1.807) is 6.20 Å². The van der Waals surface area contributed by atoms with Gasteiger partial charge in [-0.1, -0.05) is 0 Å². The summed E-state index contributed by atoms with van der Waals surface area (Å²) in [6.07, 6.45) is 6.01. The summed E-state index contributed by atoms with van der Waals surface area (Å²) < 4.78 is 1.94. The highest BCUT2D eigenvalue weighted by atomic mass is 15.2. The van der Waals surface area contributed by atoms with E-state index in [0.29, 0.717) is 6.42 Å². The molecule has 1 unspecified atom stereocenters. The Morgan fingerprint density at radius 2 is 2.37 bits per heavy atom. The van der Waals surface area contributed by atoms with Crippen molar-refractivity contribution >= 4 is 17.3 Å². The van der Waals surface area contributed by atoms with Crippen LogP contribution < -0.4 is 10.2 Å². The summed E-state index contributed by atoms with van der Waals surface area (Å²) in [5.41, 5.74) is 0.800. The molecule has 19 heavy (non-hydrogen) atoms. The Labute approximate surface area is 112 Å². The normalized spacial score (nSPS) is 12.1. The Morgan fingerprint density at radius 1 is 1.58 bits per heavy atom. The summed E-state index contributed by atoms with van der Waals surface area (Å²) in [6, 6.07) is 2.28. The molecule has 6 heteroatoms. The van der Waals surface area contributed by atoms with Crippen LogP contribution in [0.1, 0.15) is 20.3 Å². The van der Waals surface area contributed by atoms with E-state index in [1.165, 1.54) is 0 Å². The van der Waals surface area contributed by atoms with Crippen molar-refractivity contribution in [2.24, 2.45) is 0 Å². The lowest BCUT2D eigenvalue weighted by Gasteiger charge is -2.24. The number of nitriles is 1. The highest BCUT2D eigenvalue weighted by Crippen LogP contribution is 2.22. The molecule has 0 bridgehead atoms. The first-order valence-corrected chi connectivity index (χ1v) is 6.34. The minimum Gasteiger partial charge on any atom is -0.369 e. The van der Waals surface area contributed by atoms with Crippen molar-refractivity contribution < 1.29 is 0 Å². The number of hydrogen-bond acceptors (Lipinski definition) is 5. The second kappa shape index (κ2) is 5.57. The second-order valence-corrected chi connectivity index (χ2v) is 4.46. The quantitative estimate of drug-likeness (QED) is 0.887. The van der Waals surface area contributed by atoms with Crippen LogP contribution in [0, 0.1) is 11.3 Å². The van der Waals surface area contributed by atoms with E-state index >= 15 is 0 Å². The van der Waals surface area contributed by atoms with Crippen molar-refractivity contribution in [1.82, 2.24) is 14.4 Å². The molecule has 0 saturated carbocycles. The molecule has 0 aliphatic carbocycles. The van der Waals surface area contributed by atoms with Gasteiger partial charge in [0.15, 0.2) is 11.5 Å². The van der Waals surface area contributed by atoms with Gasteiger partial charge in [-0.05, 0) is 13.8 Å². The number of anilines is 2.